The van der Waals surface area contributed by atoms with Crippen LogP contribution in [0.3, 0.4) is 0 Å². The van der Waals surface area contributed by atoms with Gasteiger partial charge < -0.3 is 10.0 Å². The lowest BCUT2D eigenvalue weighted by molar-refractivity contribution is 0.0441. The van der Waals surface area contributed by atoms with Gasteiger partial charge in [0.15, 0.2) is 0 Å². The molecule has 0 unspecified atom stereocenters. The van der Waals surface area contributed by atoms with Gasteiger partial charge in [-0.25, -0.2) is 0 Å². The van der Waals surface area contributed by atoms with Gasteiger partial charge in [0, 0.05) is 13.1 Å². The van der Waals surface area contributed by atoms with Gasteiger partial charge in [-0.1, -0.05) is 0 Å². The lowest BCUT2D eigenvalue weighted by Crippen LogP contribution is -2.41. The Labute approximate surface area is 61.8 Å². The Morgan fingerprint density at radius 1 is 1.50 bits per heavy atom. The number of β-amino-alcohol motifs (C(OH)–C–C–N with tert-alkyl or cyclic N) is 1. The normalized spacial score (nSPS) is 38.4. The molecule has 58 valence electrons. The maximum atomic E-state index is 9.41. The Balaban J connectivity index is 2.00. The van der Waals surface area contributed by atoms with E-state index in [-0.39, 0.29) is 6.10 Å². The predicted octanol–water partition coefficient (Wildman–Crippen LogP) is 0.463. The van der Waals surface area contributed by atoms with E-state index >= 15 is 0 Å². The maximum absolute atomic E-state index is 9.41. The van der Waals surface area contributed by atoms with Crippen molar-refractivity contribution in [2.24, 2.45) is 5.41 Å². The van der Waals surface area contributed by atoms with Crippen molar-refractivity contribution in [1.29, 1.82) is 0 Å². The second-order valence-electron chi connectivity index (χ2n) is 4.05. The molecule has 1 saturated carbocycles. The van der Waals surface area contributed by atoms with Crippen molar-refractivity contribution in [2.45, 2.75) is 25.4 Å². The van der Waals surface area contributed by atoms with Crippen LogP contribution >= 0.6 is 0 Å². The van der Waals surface area contributed by atoms with E-state index in [2.05, 4.69) is 11.9 Å². The first-order valence-electron chi connectivity index (χ1n) is 4.07. The van der Waals surface area contributed by atoms with E-state index in [1.54, 1.807) is 0 Å². The number of aliphatic hydroxyl groups excluding tert-OH is 1. The highest BCUT2D eigenvalue weighted by Gasteiger charge is 2.47. The van der Waals surface area contributed by atoms with Crippen LogP contribution in [0.15, 0.2) is 0 Å². The summed E-state index contributed by atoms with van der Waals surface area (Å²) in [6.07, 6.45) is 3.68. The molecule has 2 nitrogen and oxygen atoms in total. The molecule has 1 N–H and O–H groups in total. The molecule has 0 aromatic carbocycles. The molecule has 0 bridgehead atoms. The molecule has 1 aliphatic heterocycles. The van der Waals surface area contributed by atoms with E-state index < -0.39 is 0 Å². The van der Waals surface area contributed by atoms with Gasteiger partial charge in [0.25, 0.3) is 0 Å². The van der Waals surface area contributed by atoms with Crippen molar-refractivity contribution in [1.82, 2.24) is 4.90 Å². The molecule has 0 radical (unpaired) electrons. The number of hydrogen-bond acceptors (Lipinski definition) is 2. The minimum Gasteiger partial charge on any atom is -0.392 e. The second kappa shape index (κ2) is 1.95. The number of piperidine rings is 1. The third-order valence-electron chi connectivity index (χ3n) is 2.75. The molecule has 0 amide bonds. The van der Waals surface area contributed by atoms with E-state index in [4.69, 9.17) is 0 Å². The first-order chi connectivity index (χ1) is 4.70. The Morgan fingerprint density at radius 3 is 2.70 bits per heavy atom. The van der Waals surface area contributed by atoms with Crippen LogP contribution in [0.1, 0.15) is 19.3 Å². The van der Waals surface area contributed by atoms with Crippen LogP contribution in [0.5, 0.6) is 0 Å². The number of aliphatic hydroxyl groups is 1. The van der Waals surface area contributed by atoms with Gasteiger partial charge in [0.1, 0.15) is 0 Å². The molecular weight excluding hydrogens is 126 g/mol. The van der Waals surface area contributed by atoms with Gasteiger partial charge in [0.05, 0.1) is 6.10 Å². The highest BCUT2D eigenvalue weighted by atomic mass is 16.3. The van der Waals surface area contributed by atoms with Gasteiger partial charge in [-0.2, -0.15) is 0 Å². The summed E-state index contributed by atoms with van der Waals surface area (Å²) in [5.74, 6) is 0. The molecule has 2 rings (SSSR count). The lowest BCUT2D eigenvalue weighted by Gasteiger charge is -2.33. The fourth-order valence-electron chi connectivity index (χ4n) is 2.16. The van der Waals surface area contributed by atoms with Gasteiger partial charge in [-0.05, 0) is 31.7 Å². The fourth-order valence-corrected chi connectivity index (χ4v) is 2.16. The highest BCUT2D eigenvalue weighted by molar-refractivity contribution is 4.99. The SMILES string of the molecule is CN1C[C@H](O)CC2(CC2)C1. The van der Waals surface area contributed by atoms with Gasteiger partial charge >= 0.3 is 0 Å². The van der Waals surface area contributed by atoms with Crippen LogP contribution in [-0.2, 0) is 0 Å². The fraction of sp³-hybridized carbons (Fsp3) is 1.00. The first-order valence-corrected chi connectivity index (χ1v) is 4.07. The Morgan fingerprint density at radius 2 is 2.20 bits per heavy atom. The summed E-state index contributed by atoms with van der Waals surface area (Å²) >= 11 is 0. The van der Waals surface area contributed by atoms with E-state index in [9.17, 15) is 5.11 Å². The van der Waals surface area contributed by atoms with Crippen LogP contribution in [-0.4, -0.2) is 36.2 Å². The number of rotatable bonds is 0. The number of likely N-dealkylation sites (N-methyl/N-ethyl adjacent to an activating group) is 1. The molecule has 1 saturated heterocycles. The summed E-state index contributed by atoms with van der Waals surface area (Å²) < 4.78 is 0. The minimum absolute atomic E-state index is 0.0544. The summed E-state index contributed by atoms with van der Waals surface area (Å²) in [7, 11) is 2.10. The smallest absolute Gasteiger partial charge is 0.0672 e. The zero-order valence-electron chi connectivity index (χ0n) is 6.51. The number of hydrogen-bond donors (Lipinski definition) is 1. The molecule has 10 heavy (non-hydrogen) atoms. The highest BCUT2D eigenvalue weighted by Crippen LogP contribution is 2.51. The molecule has 0 aromatic heterocycles. The topological polar surface area (TPSA) is 23.5 Å². The van der Waals surface area contributed by atoms with Crippen molar-refractivity contribution in [3.8, 4) is 0 Å². The van der Waals surface area contributed by atoms with Crippen LogP contribution in [0.4, 0.5) is 0 Å². The zero-order valence-corrected chi connectivity index (χ0v) is 6.51. The van der Waals surface area contributed by atoms with Gasteiger partial charge in [-0.3, -0.25) is 0 Å². The second-order valence-corrected chi connectivity index (χ2v) is 4.05. The van der Waals surface area contributed by atoms with Crippen LogP contribution in [0.2, 0.25) is 0 Å². The Bertz CT molecular complexity index is 130. The molecule has 2 aliphatic rings. The van der Waals surface area contributed by atoms with Gasteiger partial charge in [0.2, 0.25) is 0 Å². The van der Waals surface area contributed by atoms with E-state index in [0.717, 1.165) is 13.0 Å². The van der Waals surface area contributed by atoms with Crippen molar-refractivity contribution in [3.05, 3.63) is 0 Å². The maximum Gasteiger partial charge on any atom is 0.0672 e. The van der Waals surface area contributed by atoms with E-state index in [1.165, 1.54) is 19.4 Å². The van der Waals surface area contributed by atoms with Crippen molar-refractivity contribution in [2.75, 3.05) is 20.1 Å². The molecule has 0 aromatic rings. The number of likely N-dealkylation sites (tertiary alicyclic amines) is 1. The van der Waals surface area contributed by atoms with Crippen LogP contribution in [0.25, 0.3) is 0 Å². The van der Waals surface area contributed by atoms with E-state index in [1.807, 2.05) is 0 Å². The van der Waals surface area contributed by atoms with Gasteiger partial charge in [-0.15, -0.1) is 0 Å². The Hall–Kier alpha value is -0.0800. The third-order valence-corrected chi connectivity index (χ3v) is 2.75. The monoisotopic (exact) mass is 141 g/mol. The molecule has 2 heteroatoms. The standard InChI is InChI=1S/C8H15NO/c1-9-5-7(10)4-8(6-9)2-3-8/h7,10H,2-6H2,1H3/t7-/m1/s1. The van der Waals surface area contributed by atoms with Crippen LogP contribution < -0.4 is 0 Å². The summed E-state index contributed by atoms with van der Waals surface area (Å²) in [4.78, 5) is 2.25. The molecule has 1 aliphatic carbocycles. The minimum atomic E-state index is -0.0544. The zero-order chi connectivity index (χ0) is 7.19. The molecule has 2 fully saturated rings. The summed E-state index contributed by atoms with van der Waals surface area (Å²) in [5, 5.41) is 9.41. The van der Waals surface area contributed by atoms with Crippen molar-refractivity contribution >= 4 is 0 Å². The third kappa shape index (κ3) is 1.06. The predicted molar refractivity (Wildman–Crippen MR) is 39.8 cm³/mol. The Kier molecular flexibility index (Phi) is 1.29. The number of nitrogens with zero attached hydrogens (tertiary/aromatic N) is 1. The molecule has 1 heterocycles. The van der Waals surface area contributed by atoms with E-state index in [0.29, 0.717) is 5.41 Å². The summed E-state index contributed by atoms with van der Waals surface area (Å²) in [5.41, 5.74) is 0.548. The average Bonchev–Trinajstić information content (AvgIpc) is 2.44. The molecule has 1 atom stereocenters. The lowest BCUT2D eigenvalue weighted by atomic mass is 9.94. The van der Waals surface area contributed by atoms with Crippen molar-refractivity contribution < 1.29 is 5.11 Å². The molecular formula is C8H15NO. The first kappa shape index (κ1) is 6.62. The summed E-state index contributed by atoms with van der Waals surface area (Å²) in [6, 6.07) is 0. The quantitative estimate of drug-likeness (QED) is 0.530. The largest absolute Gasteiger partial charge is 0.392 e. The summed E-state index contributed by atoms with van der Waals surface area (Å²) in [6.45, 7) is 2.09. The van der Waals surface area contributed by atoms with Crippen LogP contribution in [0, 0.1) is 5.41 Å². The van der Waals surface area contributed by atoms with Crippen molar-refractivity contribution in [3.63, 3.8) is 0 Å². The molecule has 1 spiro atoms. The average molecular weight is 141 g/mol.